The molecule has 96 valence electrons. The summed E-state index contributed by atoms with van der Waals surface area (Å²) >= 11 is 8.15. The number of rotatable bonds is 3. The van der Waals surface area contributed by atoms with Crippen molar-refractivity contribution in [2.75, 3.05) is 5.32 Å². The van der Waals surface area contributed by atoms with Crippen molar-refractivity contribution in [1.29, 1.82) is 0 Å². The van der Waals surface area contributed by atoms with Crippen LogP contribution in [0.25, 0.3) is 11.2 Å². The number of hydrogen-bond acceptors (Lipinski definition) is 4. The van der Waals surface area contributed by atoms with Crippen LogP contribution in [0, 0.1) is 3.57 Å². The molecule has 0 atom stereocenters. The summed E-state index contributed by atoms with van der Waals surface area (Å²) in [4.78, 5) is 15.3. The van der Waals surface area contributed by atoms with Crippen molar-refractivity contribution in [3.8, 4) is 0 Å². The number of aromatic amines is 1. The smallest absolute Gasteiger partial charge is 0.226 e. The fraction of sp³-hybridized carbons (Fsp3) is 0.0833. The summed E-state index contributed by atoms with van der Waals surface area (Å²) in [5, 5.41) is 3.43. The minimum absolute atomic E-state index is 0.185. The fourth-order valence-electron chi connectivity index (χ4n) is 1.72. The Hall–Kier alpha value is -1.41. The van der Waals surface area contributed by atoms with Crippen molar-refractivity contribution in [3.63, 3.8) is 0 Å². The lowest BCUT2D eigenvalue weighted by Crippen LogP contribution is -2.03. The van der Waals surface area contributed by atoms with Crippen molar-refractivity contribution in [1.82, 2.24) is 19.9 Å². The van der Waals surface area contributed by atoms with E-state index < -0.39 is 0 Å². The van der Waals surface area contributed by atoms with E-state index in [1.165, 1.54) is 9.13 Å². The molecule has 3 aromatic rings. The summed E-state index contributed by atoms with van der Waals surface area (Å²) in [6.07, 6.45) is 1.58. The summed E-state index contributed by atoms with van der Waals surface area (Å²) < 4.78 is 1.21. The van der Waals surface area contributed by atoms with Crippen LogP contribution < -0.4 is 5.32 Å². The molecule has 2 aromatic heterocycles. The number of hydrogen-bond donors (Lipinski definition) is 2. The van der Waals surface area contributed by atoms with E-state index in [0.717, 1.165) is 5.52 Å². The Morgan fingerprint density at radius 2 is 2.00 bits per heavy atom. The van der Waals surface area contributed by atoms with Gasteiger partial charge >= 0.3 is 0 Å². The second-order valence-corrected chi connectivity index (χ2v) is 5.51. The van der Waals surface area contributed by atoms with Crippen LogP contribution in [0.2, 0.25) is 5.28 Å². The Kier molecular flexibility index (Phi) is 3.52. The molecule has 0 unspecified atom stereocenters. The van der Waals surface area contributed by atoms with E-state index in [0.29, 0.717) is 18.0 Å². The second kappa shape index (κ2) is 5.30. The van der Waals surface area contributed by atoms with Crippen LogP contribution in [0.3, 0.4) is 0 Å². The van der Waals surface area contributed by atoms with Gasteiger partial charge in [-0.05, 0) is 51.9 Å². The first-order valence-corrected chi connectivity index (χ1v) is 7.03. The first-order valence-electron chi connectivity index (χ1n) is 5.57. The Labute approximate surface area is 128 Å². The molecule has 2 heterocycles. The molecule has 0 aliphatic rings. The van der Waals surface area contributed by atoms with Crippen molar-refractivity contribution >= 4 is 51.2 Å². The number of anilines is 1. The maximum absolute atomic E-state index is 5.87. The summed E-state index contributed by atoms with van der Waals surface area (Å²) in [6, 6.07) is 8.27. The summed E-state index contributed by atoms with van der Waals surface area (Å²) in [5.41, 5.74) is 2.49. The predicted molar refractivity (Wildman–Crippen MR) is 83.2 cm³/mol. The van der Waals surface area contributed by atoms with Gasteiger partial charge in [-0.2, -0.15) is 9.97 Å². The molecule has 0 spiro atoms. The van der Waals surface area contributed by atoms with Gasteiger partial charge < -0.3 is 10.3 Å². The maximum Gasteiger partial charge on any atom is 0.226 e. The minimum Gasteiger partial charge on any atom is -0.364 e. The Bertz CT molecular complexity index is 710. The van der Waals surface area contributed by atoms with Crippen molar-refractivity contribution in [3.05, 3.63) is 45.0 Å². The lowest BCUT2D eigenvalue weighted by molar-refractivity contribution is 1.10. The largest absolute Gasteiger partial charge is 0.364 e. The average Bonchev–Trinajstić information content (AvgIpc) is 2.85. The van der Waals surface area contributed by atoms with Crippen molar-refractivity contribution in [2.24, 2.45) is 0 Å². The Morgan fingerprint density at radius 3 is 2.79 bits per heavy atom. The van der Waals surface area contributed by atoms with Crippen molar-refractivity contribution in [2.45, 2.75) is 6.54 Å². The molecule has 7 heteroatoms. The monoisotopic (exact) mass is 385 g/mol. The lowest BCUT2D eigenvalue weighted by Gasteiger charge is -2.06. The van der Waals surface area contributed by atoms with Gasteiger partial charge in [0.15, 0.2) is 11.5 Å². The number of nitrogens with one attached hydrogen (secondary N) is 2. The molecule has 0 saturated heterocycles. The van der Waals surface area contributed by atoms with Crippen molar-refractivity contribution < 1.29 is 0 Å². The van der Waals surface area contributed by atoms with Crippen LogP contribution in [0.15, 0.2) is 30.6 Å². The van der Waals surface area contributed by atoms with Crippen LogP contribution in [-0.4, -0.2) is 19.9 Å². The number of imidazole rings is 1. The molecular formula is C12H9ClIN5. The third-order valence-electron chi connectivity index (χ3n) is 2.63. The molecule has 0 aliphatic carbocycles. The zero-order chi connectivity index (χ0) is 13.2. The third kappa shape index (κ3) is 2.79. The van der Waals surface area contributed by atoms with Gasteiger partial charge in [0.1, 0.15) is 5.52 Å². The molecule has 5 nitrogen and oxygen atoms in total. The van der Waals surface area contributed by atoms with E-state index in [4.69, 9.17) is 11.6 Å². The first kappa shape index (κ1) is 12.6. The molecule has 0 radical (unpaired) electrons. The molecule has 2 N–H and O–H groups in total. The highest BCUT2D eigenvalue weighted by Gasteiger charge is 2.08. The molecule has 0 bridgehead atoms. The van der Waals surface area contributed by atoms with Gasteiger partial charge in [0, 0.05) is 10.1 Å². The van der Waals surface area contributed by atoms with Crippen LogP contribution in [0.1, 0.15) is 5.56 Å². The number of benzene rings is 1. The van der Waals surface area contributed by atoms with Crippen LogP contribution in [0.5, 0.6) is 0 Å². The van der Waals surface area contributed by atoms with E-state index >= 15 is 0 Å². The number of aromatic nitrogens is 4. The van der Waals surface area contributed by atoms with Crippen LogP contribution in [-0.2, 0) is 6.54 Å². The molecule has 1 aromatic carbocycles. The summed E-state index contributed by atoms with van der Waals surface area (Å²) in [5.74, 6) is 0.658. The van der Waals surface area contributed by atoms with Gasteiger partial charge in [-0.15, -0.1) is 0 Å². The van der Waals surface area contributed by atoms with Gasteiger partial charge in [0.25, 0.3) is 0 Å². The van der Waals surface area contributed by atoms with E-state index in [9.17, 15) is 0 Å². The second-order valence-electron chi connectivity index (χ2n) is 3.92. The maximum atomic E-state index is 5.87. The minimum atomic E-state index is 0.185. The zero-order valence-corrected chi connectivity index (χ0v) is 12.6. The molecule has 3 rings (SSSR count). The number of fused-ring (bicyclic) bond motifs is 1. The third-order valence-corrected chi connectivity index (χ3v) is 3.52. The summed E-state index contributed by atoms with van der Waals surface area (Å²) in [7, 11) is 0. The Balaban J connectivity index is 1.85. The summed E-state index contributed by atoms with van der Waals surface area (Å²) in [6.45, 7) is 0.665. The SMILES string of the molecule is Clc1nc(NCc2ccc(I)cc2)c2[nH]cnc2n1. The van der Waals surface area contributed by atoms with Crippen LogP contribution in [0.4, 0.5) is 5.82 Å². The van der Waals surface area contributed by atoms with E-state index in [-0.39, 0.29) is 5.28 Å². The highest BCUT2D eigenvalue weighted by atomic mass is 127. The molecule has 0 fully saturated rings. The topological polar surface area (TPSA) is 66.5 Å². The molecule has 19 heavy (non-hydrogen) atoms. The zero-order valence-electron chi connectivity index (χ0n) is 9.69. The fourth-order valence-corrected chi connectivity index (χ4v) is 2.25. The molecule has 0 aliphatic heterocycles. The van der Waals surface area contributed by atoms with E-state index in [2.05, 4.69) is 72.1 Å². The van der Waals surface area contributed by atoms with E-state index in [1.54, 1.807) is 6.33 Å². The standard InChI is InChI=1S/C12H9ClIN5/c13-12-18-10(9-11(19-12)17-6-16-9)15-5-7-1-3-8(14)4-2-7/h1-4,6H,5H2,(H2,15,16,17,18,19). The van der Waals surface area contributed by atoms with Gasteiger partial charge in [0.05, 0.1) is 6.33 Å². The molecule has 0 saturated carbocycles. The number of nitrogens with zero attached hydrogens (tertiary/aromatic N) is 3. The molecular weight excluding hydrogens is 377 g/mol. The number of H-pyrrole nitrogens is 1. The van der Waals surface area contributed by atoms with Gasteiger partial charge in [-0.1, -0.05) is 12.1 Å². The van der Waals surface area contributed by atoms with Gasteiger partial charge in [-0.3, -0.25) is 0 Å². The average molecular weight is 386 g/mol. The lowest BCUT2D eigenvalue weighted by atomic mass is 10.2. The highest BCUT2D eigenvalue weighted by molar-refractivity contribution is 14.1. The quantitative estimate of drug-likeness (QED) is 0.537. The Morgan fingerprint density at radius 1 is 1.21 bits per heavy atom. The number of halogens is 2. The highest BCUT2D eigenvalue weighted by Crippen LogP contribution is 2.19. The van der Waals surface area contributed by atoms with Gasteiger partial charge in [0.2, 0.25) is 5.28 Å². The van der Waals surface area contributed by atoms with Gasteiger partial charge in [-0.25, -0.2) is 4.98 Å². The van der Waals surface area contributed by atoms with Crippen LogP contribution >= 0.6 is 34.2 Å². The first-order chi connectivity index (χ1) is 9.22. The normalized spacial score (nSPS) is 10.8. The van der Waals surface area contributed by atoms with E-state index in [1.807, 2.05) is 0 Å². The molecule has 0 amide bonds. The predicted octanol–water partition coefficient (Wildman–Crippen LogP) is 3.22.